The third-order valence-corrected chi connectivity index (χ3v) is 8.99. The lowest BCUT2D eigenvalue weighted by atomic mass is 9.97. The molecule has 200 valence electrons. The van der Waals surface area contributed by atoms with Crippen LogP contribution in [0.4, 0.5) is 4.39 Å². The molecule has 1 saturated heterocycles. The zero-order valence-corrected chi connectivity index (χ0v) is 22.9. The van der Waals surface area contributed by atoms with Gasteiger partial charge in [0.05, 0.1) is 28.3 Å². The molecule has 39 heavy (non-hydrogen) atoms. The van der Waals surface area contributed by atoms with E-state index in [0.717, 1.165) is 28.8 Å². The summed E-state index contributed by atoms with van der Waals surface area (Å²) in [5.41, 5.74) is 4.04. The minimum Gasteiger partial charge on any atom is -0.350 e. The van der Waals surface area contributed by atoms with E-state index in [1.165, 1.54) is 16.9 Å². The molecule has 4 aromatic rings. The molecule has 0 spiro atoms. The molecule has 2 aliphatic rings. The fraction of sp³-hybridized carbons (Fsp3) is 0.355. The fourth-order valence-corrected chi connectivity index (χ4v) is 6.29. The van der Waals surface area contributed by atoms with E-state index >= 15 is 0 Å². The van der Waals surface area contributed by atoms with E-state index in [0.29, 0.717) is 34.5 Å². The zero-order valence-electron chi connectivity index (χ0n) is 22.1. The van der Waals surface area contributed by atoms with E-state index in [4.69, 9.17) is 0 Å². The summed E-state index contributed by atoms with van der Waals surface area (Å²) in [5, 5.41) is 4.73. The van der Waals surface area contributed by atoms with Crippen molar-refractivity contribution in [3.63, 3.8) is 0 Å². The quantitative estimate of drug-likeness (QED) is 0.320. The number of alkyl halides is 1. The number of nitrogens with zero attached hydrogens (tertiary/aromatic N) is 3. The van der Waals surface area contributed by atoms with Gasteiger partial charge >= 0.3 is 0 Å². The highest BCUT2D eigenvalue weighted by molar-refractivity contribution is 7.14. The number of hydrogen-bond donors (Lipinski definition) is 1. The number of aryl methyl sites for hydroxylation is 1. The van der Waals surface area contributed by atoms with Crippen molar-refractivity contribution in [3.8, 4) is 11.3 Å². The Morgan fingerprint density at radius 2 is 1.92 bits per heavy atom. The van der Waals surface area contributed by atoms with Crippen molar-refractivity contribution < 1.29 is 14.0 Å². The van der Waals surface area contributed by atoms with E-state index in [1.807, 2.05) is 55.6 Å². The number of hydrogen-bond acceptors (Lipinski definition) is 5. The van der Waals surface area contributed by atoms with E-state index in [2.05, 4.69) is 28.3 Å². The number of thiazole rings is 1. The predicted molar refractivity (Wildman–Crippen MR) is 152 cm³/mol. The predicted octanol–water partition coefficient (Wildman–Crippen LogP) is 6.09. The van der Waals surface area contributed by atoms with Crippen molar-refractivity contribution in [2.45, 2.75) is 57.2 Å². The summed E-state index contributed by atoms with van der Waals surface area (Å²) in [6.45, 7) is 4.35. The second-order valence-corrected chi connectivity index (χ2v) is 12.1. The van der Waals surface area contributed by atoms with Gasteiger partial charge < -0.3 is 10.2 Å². The van der Waals surface area contributed by atoms with Crippen LogP contribution in [0.5, 0.6) is 0 Å². The van der Waals surface area contributed by atoms with Crippen LogP contribution in [0.1, 0.15) is 63.2 Å². The highest BCUT2D eigenvalue weighted by Gasteiger charge is 2.39. The topological polar surface area (TPSA) is 75.2 Å². The highest BCUT2D eigenvalue weighted by atomic mass is 32.1. The van der Waals surface area contributed by atoms with Crippen molar-refractivity contribution in [1.82, 2.24) is 20.2 Å². The molecule has 1 N–H and O–H groups in total. The van der Waals surface area contributed by atoms with Crippen LogP contribution in [-0.2, 0) is 5.41 Å². The number of piperidine rings is 1. The van der Waals surface area contributed by atoms with Crippen molar-refractivity contribution in [1.29, 1.82) is 0 Å². The molecule has 1 aliphatic carbocycles. The SMILES string of the molecule is Cc1nc(-c2ccccc2)c(C(=O)N2CC(F)CCC2CNC(=O)c2cccc3cc(C4(C)CC4)cnc23)s1. The number of carbonyl (C=O) groups is 2. The average molecular weight is 543 g/mol. The van der Waals surface area contributed by atoms with Crippen molar-refractivity contribution in [3.05, 3.63) is 81.8 Å². The number of likely N-dealkylation sites (tertiary alicyclic amines) is 1. The number of aromatic nitrogens is 2. The van der Waals surface area contributed by atoms with E-state index in [-0.39, 0.29) is 36.4 Å². The van der Waals surface area contributed by atoms with Gasteiger partial charge in [-0.25, -0.2) is 9.37 Å². The monoisotopic (exact) mass is 542 g/mol. The van der Waals surface area contributed by atoms with Crippen molar-refractivity contribution in [2.75, 3.05) is 13.1 Å². The number of rotatable bonds is 6. The lowest BCUT2D eigenvalue weighted by Crippen LogP contribution is -2.52. The smallest absolute Gasteiger partial charge is 0.266 e. The lowest BCUT2D eigenvalue weighted by molar-refractivity contribution is 0.0476. The van der Waals surface area contributed by atoms with Gasteiger partial charge in [-0.05, 0) is 55.7 Å². The van der Waals surface area contributed by atoms with E-state index < -0.39 is 6.17 Å². The van der Waals surface area contributed by atoms with Crippen LogP contribution in [-0.4, -0.2) is 52.0 Å². The number of amides is 2. The normalized spacial score (nSPS) is 20.1. The van der Waals surface area contributed by atoms with Gasteiger partial charge in [0.15, 0.2) is 0 Å². The van der Waals surface area contributed by atoms with Gasteiger partial charge in [-0.1, -0.05) is 49.4 Å². The number of halogens is 1. The third kappa shape index (κ3) is 5.05. The van der Waals surface area contributed by atoms with Gasteiger partial charge in [0.1, 0.15) is 11.0 Å². The third-order valence-electron chi connectivity index (χ3n) is 8.04. The van der Waals surface area contributed by atoms with Gasteiger partial charge in [0.25, 0.3) is 11.8 Å². The molecule has 2 aromatic heterocycles. The van der Waals surface area contributed by atoms with Crippen LogP contribution < -0.4 is 5.32 Å². The molecule has 0 radical (unpaired) electrons. The summed E-state index contributed by atoms with van der Waals surface area (Å²) in [6.07, 6.45) is 3.93. The molecule has 2 unspecified atom stereocenters. The molecular formula is C31H31FN4O2S. The average Bonchev–Trinajstić information content (AvgIpc) is 3.59. The van der Waals surface area contributed by atoms with Crippen molar-refractivity contribution in [2.24, 2.45) is 0 Å². The first kappa shape index (κ1) is 25.6. The number of nitrogens with one attached hydrogen (secondary N) is 1. The summed E-state index contributed by atoms with van der Waals surface area (Å²) >= 11 is 1.32. The first-order chi connectivity index (χ1) is 18.8. The number of pyridine rings is 1. The molecule has 6 rings (SSSR count). The Morgan fingerprint density at radius 1 is 1.13 bits per heavy atom. The number of benzene rings is 2. The van der Waals surface area contributed by atoms with Gasteiger partial charge in [0, 0.05) is 29.7 Å². The molecule has 2 aromatic carbocycles. The van der Waals surface area contributed by atoms with Crippen molar-refractivity contribution >= 4 is 34.1 Å². The molecule has 1 aliphatic heterocycles. The first-order valence-corrected chi connectivity index (χ1v) is 14.3. The van der Waals surface area contributed by atoms with Crippen LogP contribution in [0.3, 0.4) is 0 Å². The van der Waals surface area contributed by atoms with E-state index in [9.17, 15) is 14.0 Å². The Morgan fingerprint density at radius 3 is 2.69 bits per heavy atom. The Hall–Kier alpha value is -3.65. The van der Waals surface area contributed by atoms with Crippen LogP contribution in [0.25, 0.3) is 22.2 Å². The van der Waals surface area contributed by atoms with Gasteiger partial charge in [-0.15, -0.1) is 11.3 Å². The molecular weight excluding hydrogens is 511 g/mol. The molecule has 1 saturated carbocycles. The molecule has 6 nitrogen and oxygen atoms in total. The minimum atomic E-state index is -1.10. The largest absolute Gasteiger partial charge is 0.350 e. The molecule has 2 atom stereocenters. The van der Waals surface area contributed by atoms with Gasteiger partial charge in [-0.3, -0.25) is 14.6 Å². The Bertz CT molecular complexity index is 1550. The molecule has 2 fully saturated rings. The maximum Gasteiger partial charge on any atom is 0.266 e. The molecule has 3 heterocycles. The van der Waals surface area contributed by atoms with Crippen LogP contribution in [0, 0.1) is 6.92 Å². The first-order valence-electron chi connectivity index (χ1n) is 13.5. The zero-order chi connectivity index (χ0) is 27.1. The Kier molecular flexibility index (Phi) is 6.67. The van der Waals surface area contributed by atoms with E-state index in [1.54, 1.807) is 11.0 Å². The highest BCUT2D eigenvalue weighted by Crippen LogP contribution is 2.47. The number of para-hydroxylation sites is 1. The summed E-state index contributed by atoms with van der Waals surface area (Å²) in [4.78, 5) is 38.4. The summed E-state index contributed by atoms with van der Waals surface area (Å²) in [7, 11) is 0. The van der Waals surface area contributed by atoms with Gasteiger partial charge in [-0.2, -0.15) is 0 Å². The lowest BCUT2D eigenvalue weighted by Gasteiger charge is -2.37. The molecule has 8 heteroatoms. The summed E-state index contributed by atoms with van der Waals surface area (Å²) in [6, 6.07) is 17.0. The summed E-state index contributed by atoms with van der Waals surface area (Å²) in [5.74, 6) is -0.485. The minimum absolute atomic E-state index is 0.00190. The van der Waals surface area contributed by atoms with Crippen LogP contribution in [0.15, 0.2) is 60.8 Å². The maximum absolute atomic E-state index is 14.6. The molecule has 2 amide bonds. The number of carbonyl (C=O) groups excluding carboxylic acids is 2. The maximum atomic E-state index is 14.6. The van der Waals surface area contributed by atoms with Gasteiger partial charge in [0.2, 0.25) is 0 Å². The fourth-order valence-electron chi connectivity index (χ4n) is 5.39. The van der Waals surface area contributed by atoms with Crippen LogP contribution in [0.2, 0.25) is 0 Å². The standard InChI is InChI=1S/C31H31FN4O2S/c1-19-35-27(20-7-4-3-5-8-20)28(39-19)30(38)36-18-23(32)11-12-24(36)17-34-29(37)25-10-6-9-21-15-22(16-33-26(21)25)31(2)13-14-31/h3-10,15-16,23-24H,11-14,17-18H2,1-2H3,(H,34,37). The Labute approximate surface area is 231 Å². The second kappa shape index (κ2) is 10.2. The number of fused-ring (bicyclic) bond motifs is 1. The summed E-state index contributed by atoms with van der Waals surface area (Å²) < 4.78 is 14.6. The molecule has 0 bridgehead atoms. The second-order valence-electron chi connectivity index (χ2n) is 10.9. The Balaban J connectivity index is 1.22. The van der Waals surface area contributed by atoms with Crippen LogP contribution >= 0.6 is 11.3 Å².